The fourth-order valence-corrected chi connectivity index (χ4v) is 4.26. The van der Waals surface area contributed by atoms with Crippen molar-refractivity contribution in [2.45, 2.75) is 52.7 Å². The molecule has 0 saturated carbocycles. The van der Waals surface area contributed by atoms with Crippen molar-refractivity contribution in [1.29, 1.82) is 0 Å². The molecule has 2 N–H and O–H groups in total. The van der Waals surface area contributed by atoms with Crippen LogP contribution in [0, 0.1) is 18.7 Å². The maximum Gasteiger partial charge on any atom is 0.410 e. The number of hydrogen-bond acceptors (Lipinski definition) is 6. The van der Waals surface area contributed by atoms with Crippen LogP contribution >= 0.6 is 0 Å². The zero-order chi connectivity index (χ0) is 31.1. The Hall–Kier alpha value is -4.48. The molecule has 226 valence electrons. The summed E-state index contributed by atoms with van der Waals surface area (Å²) in [6.45, 7) is 5.78. The van der Waals surface area contributed by atoms with Crippen LogP contribution in [-0.4, -0.2) is 76.5 Å². The monoisotopic (exact) mass is 582 g/mol. The number of fused-ring (bicyclic) bond motifs is 1. The van der Waals surface area contributed by atoms with Gasteiger partial charge in [-0.15, -0.1) is 0 Å². The molecule has 3 heterocycles. The predicted octanol–water partition coefficient (Wildman–Crippen LogP) is 3.85. The minimum atomic E-state index is -1.20. The number of H-pyrrole nitrogens is 1. The first-order valence-corrected chi connectivity index (χ1v) is 13.7. The Morgan fingerprint density at radius 3 is 2.55 bits per heavy atom. The normalized spacial score (nSPS) is 12.1. The van der Waals surface area contributed by atoms with Crippen LogP contribution in [0.25, 0.3) is 11.0 Å². The third-order valence-corrected chi connectivity index (χ3v) is 6.45. The number of aromatic amines is 1. The van der Waals surface area contributed by atoms with E-state index in [0.717, 1.165) is 0 Å². The number of nitrogens with one attached hydrogen (secondary N) is 2. The molecular weight excluding hydrogens is 543 g/mol. The zero-order valence-corrected chi connectivity index (χ0v) is 25.2. The fraction of sp³-hybridized carbons (Fsp3) is 0.433. The minimum Gasteiger partial charge on any atom is -0.436 e. The largest absolute Gasteiger partial charge is 0.436 e. The molecule has 1 unspecified atom stereocenters. The van der Waals surface area contributed by atoms with Gasteiger partial charge in [0.25, 0.3) is 11.5 Å². The van der Waals surface area contributed by atoms with Crippen molar-refractivity contribution in [3.8, 4) is 0 Å². The highest BCUT2D eigenvalue weighted by molar-refractivity contribution is 5.95. The average molecular weight is 583 g/mol. The number of halogens is 1. The standard InChI is InChI=1S/C30H39FN6O5/c1-18(2)15-21-26(31)19(3)32-23-16-20(33-27(21)23)17-37-14-10-11-22(29(37)40)34-28(39)24(42-30(41)36(6)7)12-8-9-13-25(38)35(4)5/h9-11,13-14,16,18,24,33H,8,12,15,17H2,1-7H3,(H,34,39). The van der Waals surface area contributed by atoms with E-state index in [-0.39, 0.29) is 42.7 Å². The molecular formula is C30H39FN6O5. The molecule has 0 aliphatic rings. The molecule has 0 spiro atoms. The highest BCUT2D eigenvalue weighted by atomic mass is 19.1. The summed E-state index contributed by atoms with van der Waals surface area (Å²) in [7, 11) is 6.22. The Kier molecular flexibility index (Phi) is 10.6. The number of carbonyl (C=O) groups excluding carboxylic acids is 3. The van der Waals surface area contributed by atoms with Crippen LogP contribution in [0.15, 0.2) is 41.3 Å². The summed E-state index contributed by atoms with van der Waals surface area (Å²) < 4.78 is 21.6. The van der Waals surface area contributed by atoms with Gasteiger partial charge in [0, 0.05) is 45.6 Å². The van der Waals surface area contributed by atoms with Gasteiger partial charge < -0.3 is 29.4 Å². The molecule has 3 rings (SSSR count). The minimum absolute atomic E-state index is 0.00310. The van der Waals surface area contributed by atoms with E-state index in [1.807, 2.05) is 13.8 Å². The number of ether oxygens (including phenoxy) is 1. The van der Waals surface area contributed by atoms with Crippen LogP contribution in [0.3, 0.4) is 0 Å². The van der Waals surface area contributed by atoms with E-state index >= 15 is 0 Å². The summed E-state index contributed by atoms with van der Waals surface area (Å²) >= 11 is 0. The molecule has 11 nitrogen and oxygen atoms in total. The van der Waals surface area contributed by atoms with Gasteiger partial charge in [0.2, 0.25) is 5.91 Å². The Bertz CT molecular complexity index is 1540. The molecule has 0 bridgehead atoms. The first-order valence-electron chi connectivity index (χ1n) is 13.7. The second kappa shape index (κ2) is 13.9. The molecule has 3 amide bonds. The molecule has 0 fully saturated rings. The number of rotatable bonds is 11. The molecule has 12 heteroatoms. The van der Waals surface area contributed by atoms with Crippen LogP contribution in [0.2, 0.25) is 0 Å². The van der Waals surface area contributed by atoms with E-state index < -0.39 is 23.7 Å². The number of aryl methyl sites for hydroxylation is 1. The molecule has 0 aliphatic carbocycles. The van der Waals surface area contributed by atoms with E-state index in [1.54, 1.807) is 45.4 Å². The Balaban J connectivity index is 1.82. The van der Waals surface area contributed by atoms with Gasteiger partial charge in [0.05, 0.1) is 23.3 Å². The van der Waals surface area contributed by atoms with E-state index in [0.29, 0.717) is 34.4 Å². The van der Waals surface area contributed by atoms with Crippen molar-refractivity contribution in [3.05, 3.63) is 69.7 Å². The molecule has 0 aromatic carbocycles. The van der Waals surface area contributed by atoms with Gasteiger partial charge in [0.1, 0.15) is 11.5 Å². The number of hydrogen-bond donors (Lipinski definition) is 2. The average Bonchev–Trinajstić information content (AvgIpc) is 3.31. The van der Waals surface area contributed by atoms with E-state index in [4.69, 9.17) is 4.74 Å². The maximum absolute atomic E-state index is 14.9. The van der Waals surface area contributed by atoms with Gasteiger partial charge in [-0.25, -0.2) is 14.2 Å². The molecule has 3 aromatic heterocycles. The highest BCUT2D eigenvalue weighted by Crippen LogP contribution is 2.25. The molecule has 0 radical (unpaired) electrons. The molecule has 0 aliphatic heterocycles. The molecule has 1 atom stereocenters. The van der Waals surface area contributed by atoms with Crippen LogP contribution in [0.4, 0.5) is 14.9 Å². The van der Waals surface area contributed by atoms with Crippen molar-refractivity contribution in [2.24, 2.45) is 5.92 Å². The maximum atomic E-state index is 14.9. The zero-order valence-electron chi connectivity index (χ0n) is 25.2. The van der Waals surface area contributed by atoms with E-state index in [9.17, 15) is 23.6 Å². The lowest BCUT2D eigenvalue weighted by molar-refractivity contribution is -0.125. The first-order chi connectivity index (χ1) is 19.8. The Morgan fingerprint density at radius 2 is 1.90 bits per heavy atom. The van der Waals surface area contributed by atoms with Gasteiger partial charge in [0.15, 0.2) is 6.10 Å². The lowest BCUT2D eigenvalue weighted by atomic mass is 10.0. The van der Waals surface area contributed by atoms with Crippen LogP contribution in [0.5, 0.6) is 0 Å². The highest BCUT2D eigenvalue weighted by Gasteiger charge is 2.24. The second-order valence-electron chi connectivity index (χ2n) is 11.0. The number of carbonyl (C=O) groups is 3. The number of anilines is 1. The van der Waals surface area contributed by atoms with Gasteiger partial charge in [-0.3, -0.25) is 14.4 Å². The third-order valence-electron chi connectivity index (χ3n) is 6.45. The summed E-state index contributed by atoms with van der Waals surface area (Å²) in [5.41, 5.74) is 2.27. The number of aromatic nitrogens is 3. The van der Waals surface area contributed by atoms with Gasteiger partial charge in [-0.1, -0.05) is 19.9 Å². The summed E-state index contributed by atoms with van der Waals surface area (Å²) in [5.74, 6) is -0.993. The Morgan fingerprint density at radius 1 is 1.19 bits per heavy atom. The van der Waals surface area contributed by atoms with Crippen molar-refractivity contribution >= 4 is 34.6 Å². The first kappa shape index (κ1) is 32.0. The quantitative estimate of drug-likeness (QED) is 0.331. The van der Waals surface area contributed by atoms with E-state index in [1.165, 1.54) is 40.6 Å². The van der Waals surface area contributed by atoms with Crippen molar-refractivity contribution < 1.29 is 23.5 Å². The van der Waals surface area contributed by atoms with E-state index in [2.05, 4.69) is 15.3 Å². The summed E-state index contributed by atoms with van der Waals surface area (Å²) in [4.78, 5) is 60.6. The van der Waals surface area contributed by atoms with Gasteiger partial charge in [-0.2, -0.15) is 0 Å². The van der Waals surface area contributed by atoms with Crippen LogP contribution < -0.4 is 10.9 Å². The SMILES string of the molecule is Cc1nc2cc(Cn3cccc(NC(=O)C(CCC=CC(=O)N(C)C)OC(=O)N(C)C)c3=O)[nH]c2c(CC(C)C)c1F. The fourth-order valence-electron chi connectivity index (χ4n) is 4.26. The summed E-state index contributed by atoms with van der Waals surface area (Å²) in [5, 5.41) is 2.58. The van der Waals surface area contributed by atoms with Crippen molar-refractivity contribution in [2.75, 3.05) is 33.5 Å². The number of likely N-dealkylation sites (N-methyl/N-ethyl adjacent to an activating group) is 1. The molecule has 42 heavy (non-hydrogen) atoms. The van der Waals surface area contributed by atoms with Crippen LogP contribution in [-0.2, 0) is 27.3 Å². The smallest absolute Gasteiger partial charge is 0.410 e. The number of amides is 3. The number of allylic oxidation sites excluding steroid dienone is 1. The Labute approximate surface area is 244 Å². The number of nitrogens with zero attached hydrogens (tertiary/aromatic N) is 4. The van der Waals surface area contributed by atoms with Crippen molar-refractivity contribution in [1.82, 2.24) is 24.3 Å². The van der Waals surface area contributed by atoms with Crippen LogP contribution in [0.1, 0.15) is 43.6 Å². The predicted molar refractivity (Wildman–Crippen MR) is 159 cm³/mol. The molecule has 0 saturated heterocycles. The molecule has 3 aromatic rings. The second-order valence-corrected chi connectivity index (χ2v) is 11.0. The van der Waals surface area contributed by atoms with Gasteiger partial charge in [-0.05, 0) is 56.4 Å². The number of pyridine rings is 2. The topological polar surface area (TPSA) is 130 Å². The third kappa shape index (κ3) is 8.05. The lowest BCUT2D eigenvalue weighted by Gasteiger charge is -2.19. The summed E-state index contributed by atoms with van der Waals surface area (Å²) in [6, 6.07) is 4.86. The lowest BCUT2D eigenvalue weighted by Crippen LogP contribution is -2.37. The van der Waals surface area contributed by atoms with Gasteiger partial charge >= 0.3 is 6.09 Å². The van der Waals surface area contributed by atoms with Crippen molar-refractivity contribution in [3.63, 3.8) is 0 Å². The summed E-state index contributed by atoms with van der Waals surface area (Å²) in [6.07, 6.45) is 3.54.